The van der Waals surface area contributed by atoms with E-state index < -0.39 is 17.9 Å². The first-order valence-corrected chi connectivity index (χ1v) is 6.55. The molecule has 2 N–H and O–H groups in total. The van der Waals surface area contributed by atoms with Gasteiger partial charge in [0.25, 0.3) is 5.91 Å². The molecule has 1 amide bonds. The molecule has 1 atom stereocenters. The summed E-state index contributed by atoms with van der Waals surface area (Å²) in [4.78, 5) is 22.8. The summed E-state index contributed by atoms with van der Waals surface area (Å²) in [5.41, 5.74) is 0. The van der Waals surface area contributed by atoms with E-state index in [-0.39, 0.29) is 19.8 Å². The summed E-state index contributed by atoms with van der Waals surface area (Å²) in [7, 11) is 1.49. The number of benzene rings is 1. The fourth-order valence-electron chi connectivity index (χ4n) is 1.56. The zero-order chi connectivity index (χ0) is 16.4. The number of methoxy groups -OCH3 is 1. The van der Waals surface area contributed by atoms with Crippen LogP contribution in [0, 0.1) is 0 Å². The molecule has 0 heterocycles. The first-order valence-electron chi connectivity index (χ1n) is 6.55. The molecule has 1 aromatic rings. The Morgan fingerprint density at radius 1 is 1.36 bits per heavy atom. The highest BCUT2D eigenvalue weighted by atomic mass is 16.5. The van der Waals surface area contributed by atoms with Gasteiger partial charge < -0.3 is 24.6 Å². The van der Waals surface area contributed by atoms with Gasteiger partial charge in [0, 0.05) is 0 Å². The lowest BCUT2D eigenvalue weighted by Crippen LogP contribution is -2.45. The summed E-state index contributed by atoms with van der Waals surface area (Å²) in [6, 6.07) is 5.70. The van der Waals surface area contributed by atoms with Gasteiger partial charge in [-0.15, -0.1) is 6.58 Å². The maximum absolute atomic E-state index is 11.7. The molecule has 0 bridgehead atoms. The van der Waals surface area contributed by atoms with Crippen molar-refractivity contribution in [3.8, 4) is 11.5 Å². The van der Waals surface area contributed by atoms with E-state index in [4.69, 9.17) is 19.3 Å². The van der Waals surface area contributed by atoms with Crippen molar-refractivity contribution < 1.29 is 28.9 Å². The highest BCUT2D eigenvalue weighted by Gasteiger charge is 2.20. The third kappa shape index (κ3) is 5.84. The minimum Gasteiger partial charge on any atom is -0.493 e. The Kier molecular flexibility index (Phi) is 7.49. The van der Waals surface area contributed by atoms with E-state index in [0.29, 0.717) is 11.5 Å². The second kappa shape index (κ2) is 9.41. The van der Waals surface area contributed by atoms with E-state index in [2.05, 4.69) is 11.9 Å². The van der Waals surface area contributed by atoms with Crippen molar-refractivity contribution in [2.75, 3.05) is 26.9 Å². The maximum Gasteiger partial charge on any atom is 0.328 e. The number of hydrogen-bond donors (Lipinski definition) is 2. The molecule has 0 radical (unpaired) electrons. The molecule has 1 rings (SSSR count). The molecule has 0 fully saturated rings. The summed E-state index contributed by atoms with van der Waals surface area (Å²) in [5, 5.41) is 11.3. The molecule has 7 heteroatoms. The molecule has 0 spiro atoms. The third-order valence-corrected chi connectivity index (χ3v) is 2.58. The van der Waals surface area contributed by atoms with Crippen molar-refractivity contribution >= 4 is 11.9 Å². The Bertz CT molecular complexity index is 517. The number of rotatable bonds is 10. The smallest absolute Gasteiger partial charge is 0.328 e. The summed E-state index contributed by atoms with van der Waals surface area (Å²) in [6.45, 7) is 3.18. The molecule has 0 aromatic heterocycles. The monoisotopic (exact) mass is 309 g/mol. The van der Waals surface area contributed by atoms with E-state index in [1.807, 2.05) is 0 Å². The fourth-order valence-corrected chi connectivity index (χ4v) is 1.56. The molecule has 7 nitrogen and oxygen atoms in total. The van der Waals surface area contributed by atoms with Gasteiger partial charge in [-0.3, -0.25) is 4.79 Å². The topological polar surface area (TPSA) is 94.1 Å². The maximum atomic E-state index is 11.7. The molecular weight excluding hydrogens is 290 g/mol. The van der Waals surface area contributed by atoms with Crippen LogP contribution in [-0.4, -0.2) is 50.0 Å². The molecular formula is C15H19NO6. The largest absolute Gasteiger partial charge is 0.493 e. The van der Waals surface area contributed by atoms with Crippen LogP contribution >= 0.6 is 0 Å². The lowest BCUT2D eigenvalue weighted by Gasteiger charge is -2.15. The van der Waals surface area contributed by atoms with Crippen molar-refractivity contribution in [2.24, 2.45) is 0 Å². The number of hydrogen-bond acceptors (Lipinski definition) is 5. The molecule has 22 heavy (non-hydrogen) atoms. The number of aliphatic carboxylic acids is 1. The number of carbonyl (C=O) groups is 2. The summed E-state index contributed by atoms with van der Waals surface area (Å²) in [5.74, 6) is -0.871. The number of carboxylic acids is 1. The molecule has 0 saturated carbocycles. The lowest BCUT2D eigenvalue weighted by molar-refractivity contribution is -0.143. The number of carboxylic acid groups (broad SMARTS) is 1. The normalized spacial score (nSPS) is 11.3. The molecule has 0 aliphatic heterocycles. The number of para-hydroxylation sites is 2. The van der Waals surface area contributed by atoms with Gasteiger partial charge in [0.15, 0.2) is 24.1 Å². The minimum atomic E-state index is -1.19. The Balaban J connectivity index is 2.49. The van der Waals surface area contributed by atoms with Crippen LogP contribution in [0.3, 0.4) is 0 Å². The van der Waals surface area contributed by atoms with Gasteiger partial charge in [-0.05, 0) is 12.1 Å². The zero-order valence-electron chi connectivity index (χ0n) is 12.3. The van der Waals surface area contributed by atoms with Crippen LogP contribution < -0.4 is 14.8 Å². The van der Waals surface area contributed by atoms with Crippen LogP contribution in [0.15, 0.2) is 36.9 Å². The van der Waals surface area contributed by atoms with Crippen LogP contribution in [0.1, 0.15) is 0 Å². The minimum absolute atomic E-state index is 0.151. The molecule has 0 saturated heterocycles. The predicted molar refractivity (Wildman–Crippen MR) is 79.1 cm³/mol. The summed E-state index contributed by atoms with van der Waals surface area (Å²) in [6.07, 6.45) is 1.49. The Labute approximate surface area is 128 Å². The fraction of sp³-hybridized carbons (Fsp3) is 0.333. The van der Waals surface area contributed by atoms with Gasteiger partial charge >= 0.3 is 5.97 Å². The quantitative estimate of drug-likeness (QED) is 0.491. The Hall–Kier alpha value is -2.54. The van der Waals surface area contributed by atoms with Crippen molar-refractivity contribution in [2.45, 2.75) is 6.04 Å². The highest BCUT2D eigenvalue weighted by molar-refractivity contribution is 5.84. The van der Waals surface area contributed by atoms with E-state index in [1.54, 1.807) is 24.3 Å². The molecule has 1 aromatic carbocycles. The molecule has 0 aliphatic rings. The number of carbonyl (C=O) groups excluding carboxylic acids is 1. The molecule has 1 unspecified atom stereocenters. The SMILES string of the molecule is C=CCOCC(NC(=O)COc1ccccc1OC)C(=O)O. The van der Waals surface area contributed by atoms with E-state index in [9.17, 15) is 9.59 Å². The summed E-state index contributed by atoms with van der Waals surface area (Å²) >= 11 is 0. The van der Waals surface area contributed by atoms with Gasteiger partial charge in [0.2, 0.25) is 0 Å². The van der Waals surface area contributed by atoms with Crippen molar-refractivity contribution in [1.82, 2.24) is 5.32 Å². The Morgan fingerprint density at radius 2 is 2.05 bits per heavy atom. The van der Waals surface area contributed by atoms with Crippen molar-refractivity contribution in [3.05, 3.63) is 36.9 Å². The lowest BCUT2D eigenvalue weighted by atomic mass is 10.3. The predicted octanol–water partition coefficient (Wildman–Crippen LogP) is 0.846. The molecule has 0 aliphatic carbocycles. The first kappa shape index (κ1) is 17.5. The van der Waals surface area contributed by atoms with Gasteiger partial charge in [-0.25, -0.2) is 4.79 Å². The zero-order valence-corrected chi connectivity index (χ0v) is 12.3. The third-order valence-electron chi connectivity index (χ3n) is 2.58. The second-order valence-corrected chi connectivity index (χ2v) is 4.22. The standard InChI is InChI=1S/C15H19NO6/c1-3-8-21-9-11(15(18)19)16-14(17)10-22-13-7-5-4-6-12(13)20-2/h3-7,11H,1,8-10H2,2H3,(H,16,17)(H,18,19). The second-order valence-electron chi connectivity index (χ2n) is 4.22. The number of amides is 1. The number of ether oxygens (including phenoxy) is 3. The van der Waals surface area contributed by atoms with Crippen LogP contribution in [0.4, 0.5) is 0 Å². The average Bonchev–Trinajstić information content (AvgIpc) is 2.52. The van der Waals surface area contributed by atoms with Crippen LogP contribution in [0.25, 0.3) is 0 Å². The van der Waals surface area contributed by atoms with Gasteiger partial charge in [0.05, 0.1) is 20.3 Å². The van der Waals surface area contributed by atoms with Gasteiger partial charge in [0.1, 0.15) is 0 Å². The highest BCUT2D eigenvalue weighted by Crippen LogP contribution is 2.25. The van der Waals surface area contributed by atoms with E-state index >= 15 is 0 Å². The Morgan fingerprint density at radius 3 is 2.64 bits per heavy atom. The molecule has 120 valence electrons. The first-order chi connectivity index (χ1) is 10.6. The van der Waals surface area contributed by atoms with Gasteiger partial charge in [-0.2, -0.15) is 0 Å². The average molecular weight is 309 g/mol. The van der Waals surface area contributed by atoms with E-state index in [0.717, 1.165) is 0 Å². The van der Waals surface area contributed by atoms with Gasteiger partial charge in [-0.1, -0.05) is 18.2 Å². The van der Waals surface area contributed by atoms with Crippen molar-refractivity contribution in [3.63, 3.8) is 0 Å². The van der Waals surface area contributed by atoms with Crippen molar-refractivity contribution in [1.29, 1.82) is 0 Å². The summed E-state index contributed by atoms with van der Waals surface area (Å²) < 4.78 is 15.4. The van der Waals surface area contributed by atoms with Crippen LogP contribution in [0.5, 0.6) is 11.5 Å². The number of nitrogens with one attached hydrogen (secondary N) is 1. The van der Waals surface area contributed by atoms with E-state index in [1.165, 1.54) is 13.2 Å². The van der Waals surface area contributed by atoms with Crippen LogP contribution in [0.2, 0.25) is 0 Å². The van der Waals surface area contributed by atoms with Crippen LogP contribution in [-0.2, 0) is 14.3 Å².